The number of hydrogen-bond donors (Lipinski definition) is 0. The highest BCUT2D eigenvalue weighted by Crippen LogP contribution is 2.28. The first-order valence-electron chi connectivity index (χ1n) is 4.27. The summed E-state index contributed by atoms with van der Waals surface area (Å²) in [5.74, 6) is 0. The standard InChI is InChI=1S/C11H10ClS/c1-2-3-10-7-8-6-9(12)4-5-11(8)13-10/h4-7H,1-3H2. The third-order valence-electron chi connectivity index (χ3n) is 1.95. The second-order valence-corrected chi connectivity index (χ2v) is 4.60. The molecule has 67 valence electrons. The molecule has 2 heteroatoms. The van der Waals surface area contributed by atoms with Gasteiger partial charge in [0.05, 0.1) is 0 Å². The number of fused-ring (bicyclic) bond motifs is 1. The molecule has 0 amide bonds. The highest BCUT2D eigenvalue weighted by Gasteiger charge is 2.00. The van der Waals surface area contributed by atoms with Crippen LogP contribution in [-0.4, -0.2) is 0 Å². The highest BCUT2D eigenvalue weighted by molar-refractivity contribution is 7.19. The van der Waals surface area contributed by atoms with Crippen LogP contribution < -0.4 is 0 Å². The topological polar surface area (TPSA) is 0 Å². The molecule has 13 heavy (non-hydrogen) atoms. The molecule has 2 aromatic rings. The van der Waals surface area contributed by atoms with Crippen LogP contribution in [0, 0.1) is 6.92 Å². The van der Waals surface area contributed by atoms with E-state index in [-0.39, 0.29) is 0 Å². The van der Waals surface area contributed by atoms with Crippen molar-refractivity contribution in [1.82, 2.24) is 0 Å². The second kappa shape index (κ2) is 3.69. The minimum Gasteiger partial charge on any atom is -0.140 e. The third-order valence-corrected chi connectivity index (χ3v) is 3.36. The Labute approximate surface area is 87.2 Å². The van der Waals surface area contributed by atoms with E-state index in [1.807, 2.05) is 23.5 Å². The molecule has 0 unspecified atom stereocenters. The van der Waals surface area contributed by atoms with Gasteiger partial charge in [-0.15, -0.1) is 11.3 Å². The molecule has 1 aromatic heterocycles. The van der Waals surface area contributed by atoms with E-state index in [0.29, 0.717) is 0 Å². The summed E-state index contributed by atoms with van der Waals surface area (Å²) < 4.78 is 1.31. The maximum absolute atomic E-state index is 5.90. The molecule has 0 aliphatic heterocycles. The summed E-state index contributed by atoms with van der Waals surface area (Å²) in [5.41, 5.74) is 0. The molecule has 0 bridgehead atoms. The summed E-state index contributed by atoms with van der Waals surface area (Å²) in [5, 5.41) is 2.06. The maximum atomic E-state index is 5.90. The predicted molar refractivity (Wildman–Crippen MR) is 60.5 cm³/mol. The number of rotatable bonds is 2. The molecule has 0 nitrogen and oxygen atoms in total. The zero-order valence-electron chi connectivity index (χ0n) is 7.22. The van der Waals surface area contributed by atoms with Crippen molar-refractivity contribution in [2.45, 2.75) is 12.8 Å². The monoisotopic (exact) mass is 209 g/mol. The van der Waals surface area contributed by atoms with E-state index in [2.05, 4.69) is 19.1 Å². The molecule has 2 rings (SSSR count). The minimum atomic E-state index is 0.812. The van der Waals surface area contributed by atoms with Crippen LogP contribution in [0.5, 0.6) is 0 Å². The van der Waals surface area contributed by atoms with Crippen molar-refractivity contribution in [3.63, 3.8) is 0 Å². The van der Waals surface area contributed by atoms with Crippen LogP contribution >= 0.6 is 22.9 Å². The van der Waals surface area contributed by atoms with E-state index in [9.17, 15) is 0 Å². The number of halogens is 1. The van der Waals surface area contributed by atoms with Crippen LogP contribution in [0.15, 0.2) is 24.3 Å². The van der Waals surface area contributed by atoms with E-state index in [1.54, 1.807) is 0 Å². The Morgan fingerprint density at radius 2 is 2.15 bits per heavy atom. The summed E-state index contributed by atoms with van der Waals surface area (Å²) >= 11 is 7.73. The third kappa shape index (κ3) is 1.87. The number of thiophene rings is 1. The fraction of sp³-hybridized carbons (Fsp3) is 0.182. The Balaban J connectivity index is 2.49. The Kier molecular flexibility index (Phi) is 2.56. The van der Waals surface area contributed by atoms with Crippen molar-refractivity contribution in [3.05, 3.63) is 41.1 Å². The minimum absolute atomic E-state index is 0.812. The van der Waals surface area contributed by atoms with Crippen LogP contribution in [0.3, 0.4) is 0 Å². The van der Waals surface area contributed by atoms with Gasteiger partial charge in [0.25, 0.3) is 0 Å². The Morgan fingerprint density at radius 1 is 1.31 bits per heavy atom. The Morgan fingerprint density at radius 3 is 2.92 bits per heavy atom. The van der Waals surface area contributed by atoms with Gasteiger partial charge in [-0.1, -0.05) is 18.5 Å². The number of benzene rings is 1. The van der Waals surface area contributed by atoms with Gasteiger partial charge in [-0.2, -0.15) is 0 Å². The smallest absolute Gasteiger partial charge is 0.0412 e. The summed E-state index contributed by atoms with van der Waals surface area (Å²) in [4.78, 5) is 1.40. The Hall–Kier alpha value is -0.530. The molecule has 0 saturated carbocycles. The summed E-state index contributed by atoms with van der Waals surface area (Å²) in [6.45, 7) is 3.85. The van der Waals surface area contributed by atoms with Crippen LogP contribution in [-0.2, 0) is 6.42 Å². The Bertz CT molecular complexity index is 417. The van der Waals surface area contributed by atoms with Crippen LogP contribution in [0.2, 0.25) is 5.02 Å². The van der Waals surface area contributed by atoms with Crippen molar-refractivity contribution in [1.29, 1.82) is 0 Å². The average Bonchev–Trinajstić information content (AvgIpc) is 2.46. The molecule has 0 atom stereocenters. The van der Waals surface area contributed by atoms with Crippen LogP contribution in [0.1, 0.15) is 11.3 Å². The van der Waals surface area contributed by atoms with Gasteiger partial charge in [0.1, 0.15) is 0 Å². The molecule has 0 saturated heterocycles. The molecule has 0 fully saturated rings. The van der Waals surface area contributed by atoms with Gasteiger partial charge in [-0.3, -0.25) is 0 Å². The van der Waals surface area contributed by atoms with Gasteiger partial charge in [0, 0.05) is 14.6 Å². The molecular formula is C11H10ClS. The first-order valence-corrected chi connectivity index (χ1v) is 5.46. The van der Waals surface area contributed by atoms with Gasteiger partial charge in [-0.25, -0.2) is 0 Å². The molecule has 1 aromatic carbocycles. The lowest BCUT2D eigenvalue weighted by Crippen LogP contribution is -1.72. The van der Waals surface area contributed by atoms with Gasteiger partial charge in [0.2, 0.25) is 0 Å². The van der Waals surface area contributed by atoms with E-state index < -0.39 is 0 Å². The number of aryl methyl sites for hydroxylation is 1. The van der Waals surface area contributed by atoms with E-state index >= 15 is 0 Å². The number of hydrogen-bond acceptors (Lipinski definition) is 1. The van der Waals surface area contributed by atoms with Crippen molar-refractivity contribution in [2.75, 3.05) is 0 Å². The lowest BCUT2D eigenvalue weighted by molar-refractivity contribution is 1.03. The fourth-order valence-electron chi connectivity index (χ4n) is 1.37. The maximum Gasteiger partial charge on any atom is 0.0412 e. The SMILES string of the molecule is [CH2]CCc1cc2cc(Cl)ccc2s1. The predicted octanol–water partition coefficient (Wildman–Crippen LogP) is 4.32. The normalized spacial score (nSPS) is 10.9. The van der Waals surface area contributed by atoms with Crippen molar-refractivity contribution >= 4 is 33.0 Å². The van der Waals surface area contributed by atoms with Gasteiger partial charge < -0.3 is 0 Å². The largest absolute Gasteiger partial charge is 0.140 e. The zero-order valence-corrected chi connectivity index (χ0v) is 8.79. The fourth-order valence-corrected chi connectivity index (χ4v) is 2.63. The van der Waals surface area contributed by atoms with E-state index in [4.69, 9.17) is 11.6 Å². The average molecular weight is 210 g/mol. The molecule has 0 spiro atoms. The van der Waals surface area contributed by atoms with Gasteiger partial charge in [-0.05, 0) is 42.5 Å². The molecule has 1 heterocycles. The summed E-state index contributed by atoms with van der Waals surface area (Å²) in [6.07, 6.45) is 2.03. The van der Waals surface area contributed by atoms with Crippen molar-refractivity contribution in [3.8, 4) is 0 Å². The molecule has 0 aliphatic carbocycles. The van der Waals surface area contributed by atoms with Gasteiger partial charge >= 0.3 is 0 Å². The molecule has 0 aliphatic rings. The molecular weight excluding hydrogens is 200 g/mol. The summed E-state index contributed by atoms with van der Waals surface area (Å²) in [6, 6.07) is 8.24. The molecule has 1 radical (unpaired) electrons. The van der Waals surface area contributed by atoms with Crippen molar-refractivity contribution < 1.29 is 0 Å². The van der Waals surface area contributed by atoms with Gasteiger partial charge in [0.15, 0.2) is 0 Å². The summed E-state index contributed by atoms with van der Waals surface area (Å²) in [7, 11) is 0. The highest BCUT2D eigenvalue weighted by atomic mass is 35.5. The van der Waals surface area contributed by atoms with Crippen molar-refractivity contribution in [2.24, 2.45) is 0 Å². The van der Waals surface area contributed by atoms with Crippen LogP contribution in [0.4, 0.5) is 0 Å². The first kappa shape index (κ1) is 9.04. The molecule has 0 N–H and O–H groups in total. The zero-order chi connectivity index (χ0) is 9.26. The van der Waals surface area contributed by atoms with E-state index in [0.717, 1.165) is 17.9 Å². The lowest BCUT2D eigenvalue weighted by Gasteiger charge is -1.88. The lowest BCUT2D eigenvalue weighted by atomic mass is 10.2. The first-order chi connectivity index (χ1) is 6.29. The second-order valence-electron chi connectivity index (χ2n) is 3.00. The van der Waals surface area contributed by atoms with Crippen LogP contribution in [0.25, 0.3) is 10.1 Å². The van der Waals surface area contributed by atoms with E-state index in [1.165, 1.54) is 15.0 Å². The quantitative estimate of drug-likeness (QED) is 0.691.